The molecule has 0 unspecified atom stereocenters. The largest absolute Gasteiger partial charge is 0.456 e. The molecule has 1 aliphatic heterocycles. The Morgan fingerprint density at radius 3 is 1.81 bits per heavy atom. The molecule has 0 N–H and O–H groups in total. The fraction of sp³-hybridized carbons (Fsp3) is 0.0638. The van der Waals surface area contributed by atoms with Crippen molar-refractivity contribution in [1.29, 1.82) is 0 Å². The van der Waals surface area contributed by atoms with Crippen LogP contribution in [0.3, 0.4) is 0 Å². The average Bonchev–Trinajstić information content (AvgIpc) is 3.35. The van der Waals surface area contributed by atoms with Crippen LogP contribution in [0, 0.1) is 0 Å². The van der Waals surface area contributed by atoms with Crippen LogP contribution in [0.5, 0.6) is 11.5 Å². The molecule has 0 saturated carbocycles. The maximum Gasteiger partial charge on any atom is 0.136 e. The molecule has 1 nitrogen and oxygen atoms in total. The monoisotopic (exact) mass is 612 g/mol. The van der Waals surface area contributed by atoms with Gasteiger partial charge in [0.1, 0.15) is 11.5 Å². The standard InChI is InChI=1S/C47H32O/c1-47(2)42-27-32(19-20-38(42)41-25-30-13-6-7-14-31(30)26-43(41)47)35-22-34(29-11-4-3-5-12-29)23-36(24-35)37-21-33-15-10-17-40-39-16-8-9-18-44(39)48-45(28-37)46(33)40/h3-28H,1-2H3. The van der Waals surface area contributed by atoms with Crippen LogP contribution in [0.2, 0.25) is 0 Å². The third-order valence-corrected chi connectivity index (χ3v) is 10.6. The zero-order valence-electron chi connectivity index (χ0n) is 26.9. The third-order valence-electron chi connectivity index (χ3n) is 10.6. The summed E-state index contributed by atoms with van der Waals surface area (Å²) in [7, 11) is 0. The normalized spacial score (nSPS) is 13.5. The number of hydrogen-bond donors (Lipinski definition) is 0. The van der Waals surface area contributed by atoms with Gasteiger partial charge in [0.05, 0.1) is 0 Å². The molecule has 48 heavy (non-hydrogen) atoms. The highest BCUT2D eigenvalue weighted by Gasteiger charge is 2.36. The van der Waals surface area contributed by atoms with E-state index in [4.69, 9.17) is 4.74 Å². The molecule has 0 radical (unpaired) electrons. The highest BCUT2D eigenvalue weighted by Crippen LogP contribution is 2.52. The van der Waals surface area contributed by atoms with Crippen molar-refractivity contribution in [3.63, 3.8) is 0 Å². The Balaban J connectivity index is 1.15. The number of hydrogen-bond acceptors (Lipinski definition) is 1. The molecule has 0 saturated heterocycles. The molecule has 1 aliphatic carbocycles. The van der Waals surface area contributed by atoms with E-state index in [2.05, 4.69) is 166 Å². The van der Waals surface area contributed by atoms with Crippen LogP contribution in [-0.4, -0.2) is 0 Å². The highest BCUT2D eigenvalue weighted by molar-refractivity contribution is 6.06. The molecule has 0 spiro atoms. The van der Waals surface area contributed by atoms with E-state index >= 15 is 0 Å². The van der Waals surface area contributed by atoms with E-state index in [9.17, 15) is 0 Å². The van der Waals surface area contributed by atoms with Crippen molar-refractivity contribution in [1.82, 2.24) is 0 Å². The average molecular weight is 613 g/mol. The van der Waals surface area contributed by atoms with Gasteiger partial charge in [-0.3, -0.25) is 0 Å². The molecule has 0 amide bonds. The zero-order chi connectivity index (χ0) is 32.0. The zero-order valence-corrected chi connectivity index (χ0v) is 26.9. The van der Waals surface area contributed by atoms with Gasteiger partial charge in [0.15, 0.2) is 0 Å². The van der Waals surface area contributed by atoms with Crippen LogP contribution in [0.15, 0.2) is 158 Å². The summed E-state index contributed by atoms with van der Waals surface area (Å²) in [5, 5.41) is 4.95. The van der Waals surface area contributed by atoms with Gasteiger partial charge < -0.3 is 4.74 Å². The first kappa shape index (κ1) is 27.2. The summed E-state index contributed by atoms with van der Waals surface area (Å²) in [4.78, 5) is 0. The van der Waals surface area contributed by atoms with Crippen molar-refractivity contribution in [3.05, 3.63) is 169 Å². The Kier molecular flexibility index (Phi) is 5.69. The molecule has 2 aliphatic rings. The van der Waals surface area contributed by atoms with Crippen molar-refractivity contribution < 1.29 is 4.74 Å². The molecule has 0 fully saturated rings. The third kappa shape index (κ3) is 4.04. The molecule has 0 atom stereocenters. The van der Waals surface area contributed by atoms with Crippen molar-refractivity contribution in [3.8, 4) is 67.1 Å². The van der Waals surface area contributed by atoms with Gasteiger partial charge in [-0.05, 0) is 132 Å². The number of ether oxygens (including phenoxy) is 1. The predicted molar refractivity (Wildman–Crippen MR) is 201 cm³/mol. The second kappa shape index (κ2) is 10.0. The first-order chi connectivity index (χ1) is 23.5. The number of rotatable bonds is 3. The fourth-order valence-electron chi connectivity index (χ4n) is 8.12. The number of fused-ring (bicyclic) bond motifs is 6. The second-order valence-electron chi connectivity index (χ2n) is 13.8. The minimum absolute atomic E-state index is 0.100. The van der Waals surface area contributed by atoms with Crippen molar-refractivity contribution in [2.45, 2.75) is 19.3 Å². The lowest BCUT2D eigenvalue weighted by atomic mass is 9.81. The van der Waals surface area contributed by atoms with E-state index in [1.165, 1.54) is 77.2 Å². The molecule has 1 heteroatoms. The van der Waals surface area contributed by atoms with Gasteiger partial charge in [-0.15, -0.1) is 0 Å². The Bertz CT molecular complexity index is 2610. The van der Waals surface area contributed by atoms with E-state index < -0.39 is 0 Å². The maximum atomic E-state index is 6.57. The highest BCUT2D eigenvalue weighted by atomic mass is 16.5. The lowest BCUT2D eigenvalue weighted by molar-refractivity contribution is 0.487. The minimum atomic E-state index is -0.100. The van der Waals surface area contributed by atoms with Gasteiger partial charge in [0.2, 0.25) is 0 Å². The summed E-state index contributed by atoms with van der Waals surface area (Å²) in [6.45, 7) is 4.74. The van der Waals surface area contributed by atoms with Gasteiger partial charge in [-0.2, -0.15) is 0 Å². The summed E-state index contributed by atoms with van der Waals surface area (Å²) in [6.07, 6.45) is 0. The Labute approximate surface area is 280 Å². The van der Waals surface area contributed by atoms with Crippen LogP contribution in [0.1, 0.15) is 25.0 Å². The van der Waals surface area contributed by atoms with Crippen LogP contribution < -0.4 is 4.74 Å². The van der Waals surface area contributed by atoms with E-state index in [0.717, 1.165) is 22.6 Å². The van der Waals surface area contributed by atoms with E-state index in [1.54, 1.807) is 0 Å². The van der Waals surface area contributed by atoms with E-state index in [-0.39, 0.29) is 5.41 Å². The van der Waals surface area contributed by atoms with Crippen LogP contribution in [0.4, 0.5) is 0 Å². The topological polar surface area (TPSA) is 9.23 Å². The molecular weight excluding hydrogens is 581 g/mol. The Morgan fingerprint density at radius 2 is 0.979 bits per heavy atom. The summed E-state index contributed by atoms with van der Waals surface area (Å²) in [5.41, 5.74) is 14.9. The number of benzene rings is 8. The lowest BCUT2D eigenvalue weighted by Gasteiger charge is -2.23. The first-order valence-electron chi connectivity index (χ1n) is 16.7. The SMILES string of the molecule is CC1(C)c2cc(-c3cc(-c4ccccc4)cc(-c4cc5c6c(cccc6c4)-c4ccccc4O5)c3)ccc2-c2cc3ccccc3cc21. The van der Waals surface area contributed by atoms with Gasteiger partial charge in [0, 0.05) is 16.4 Å². The molecule has 8 aromatic rings. The maximum absolute atomic E-state index is 6.57. The molecule has 226 valence electrons. The summed E-state index contributed by atoms with van der Waals surface area (Å²) >= 11 is 0. The molecular formula is C47H32O. The molecule has 0 aromatic heterocycles. The minimum Gasteiger partial charge on any atom is -0.456 e. The smallest absolute Gasteiger partial charge is 0.136 e. The van der Waals surface area contributed by atoms with Gasteiger partial charge in [-0.25, -0.2) is 0 Å². The molecule has 0 bridgehead atoms. The summed E-state index contributed by atoms with van der Waals surface area (Å²) < 4.78 is 6.57. The van der Waals surface area contributed by atoms with Crippen LogP contribution in [0.25, 0.3) is 77.2 Å². The first-order valence-corrected chi connectivity index (χ1v) is 16.7. The molecule has 10 rings (SSSR count). The van der Waals surface area contributed by atoms with E-state index in [1.807, 2.05) is 6.07 Å². The number of para-hydroxylation sites is 1. The lowest BCUT2D eigenvalue weighted by Crippen LogP contribution is -2.15. The Hall–Kier alpha value is -5.92. The van der Waals surface area contributed by atoms with Crippen LogP contribution in [-0.2, 0) is 5.41 Å². The summed E-state index contributed by atoms with van der Waals surface area (Å²) in [5.74, 6) is 1.82. The van der Waals surface area contributed by atoms with Gasteiger partial charge >= 0.3 is 0 Å². The predicted octanol–water partition coefficient (Wildman–Crippen LogP) is 13.1. The molecule has 1 heterocycles. The van der Waals surface area contributed by atoms with Crippen molar-refractivity contribution >= 4 is 21.5 Å². The van der Waals surface area contributed by atoms with Crippen molar-refractivity contribution in [2.24, 2.45) is 0 Å². The van der Waals surface area contributed by atoms with Crippen LogP contribution >= 0.6 is 0 Å². The van der Waals surface area contributed by atoms with Crippen molar-refractivity contribution in [2.75, 3.05) is 0 Å². The van der Waals surface area contributed by atoms with Gasteiger partial charge in [-0.1, -0.05) is 117 Å². The second-order valence-corrected chi connectivity index (χ2v) is 13.8. The van der Waals surface area contributed by atoms with E-state index in [0.29, 0.717) is 0 Å². The van der Waals surface area contributed by atoms with Gasteiger partial charge in [0.25, 0.3) is 0 Å². The Morgan fingerprint density at radius 1 is 0.354 bits per heavy atom. The fourth-order valence-corrected chi connectivity index (χ4v) is 8.12. The quantitative estimate of drug-likeness (QED) is 0.193. The molecule has 8 aromatic carbocycles. The summed E-state index contributed by atoms with van der Waals surface area (Å²) in [6, 6.07) is 57.8.